The van der Waals surface area contributed by atoms with Gasteiger partial charge in [-0.05, 0) is 23.8 Å². The van der Waals surface area contributed by atoms with Crippen molar-refractivity contribution in [2.45, 2.75) is 39.2 Å². The van der Waals surface area contributed by atoms with Crippen molar-refractivity contribution in [1.82, 2.24) is 14.8 Å². The van der Waals surface area contributed by atoms with E-state index < -0.39 is 0 Å². The van der Waals surface area contributed by atoms with E-state index >= 15 is 0 Å². The van der Waals surface area contributed by atoms with Gasteiger partial charge in [0.25, 0.3) is 5.56 Å². The molecule has 0 saturated heterocycles. The number of nitrogens with one attached hydrogen (secondary N) is 1. The maximum Gasteiger partial charge on any atom is 0.258 e. The van der Waals surface area contributed by atoms with Gasteiger partial charge in [0.15, 0.2) is 0 Å². The lowest BCUT2D eigenvalue weighted by Gasteiger charge is -2.15. The van der Waals surface area contributed by atoms with Crippen LogP contribution in [0.25, 0.3) is 16.7 Å². The van der Waals surface area contributed by atoms with Gasteiger partial charge in [0.1, 0.15) is 12.2 Å². The Morgan fingerprint density at radius 2 is 1.67 bits per heavy atom. The highest BCUT2D eigenvalue weighted by Gasteiger charge is 2.24. The van der Waals surface area contributed by atoms with Crippen LogP contribution in [0.4, 0.5) is 0 Å². The number of quaternary nitrogens is 1. The fourth-order valence-corrected chi connectivity index (χ4v) is 3.75. The molecule has 0 unspecified atom stereocenters. The zero-order valence-electron chi connectivity index (χ0n) is 17.9. The Hall–Kier alpha value is -3.18. The number of hydrogen-bond acceptors (Lipinski definition) is 2. The minimum atomic E-state index is -0.134. The molecule has 0 aliphatic carbocycles. The summed E-state index contributed by atoms with van der Waals surface area (Å²) in [5.41, 5.74) is 4.61. The molecule has 0 bridgehead atoms. The van der Waals surface area contributed by atoms with Crippen molar-refractivity contribution in [1.29, 1.82) is 0 Å². The summed E-state index contributed by atoms with van der Waals surface area (Å²) >= 11 is 0. The third-order valence-corrected chi connectivity index (χ3v) is 5.32. The molecule has 2 aromatic heterocycles. The number of aromatic nitrogens is 3. The molecule has 154 valence electrons. The van der Waals surface area contributed by atoms with Gasteiger partial charge < -0.3 is 10.3 Å². The predicted molar refractivity (Wildman–Crippen MR) is 121 cm³/mol. The number of nitrogens with zero attached hydrogens (tertiary/aromatic N) is 2. The van der Waals surface area contributed by atoms with Gasteiger partial charge in [-0.25, -0.2) is 4.68 Å². The maximum atomic E-state index is 12.8. The van der Waals surface area contributed by atoms with Crippen LogP contribution in [0.3, 0.4) is 0 Å². The van der Waals surface area contributed by atoms with E-state index in [1.54, 1.807) is 0 Å². The molecular formula is C25H29N4O+. The molecule has 0 amide bonds. The average Bonchev–Trinajstić information content (AvgIpc) is 3.11. The first kappa shape index (κ1) is 20.1. The highest BCUT2D eigenvalue weighted by molar-refractivity contribution is 5.81. The Morgan fingerprint density at radius 3 is 2.33 bits per heavy atom. The van der Waals surface area contributed by atoms with Crippen molar-refractivity contribution in [3.8, 4) is 5.69 Å². The Bertz CT molecular complexity index is 1190. The van der Waals surface area contributed by atoms with E-state index in [2.05, 4.69) is 55.3 Å². The topological polar surface area (TPSA) is 67.3 Å². The minimum Gasteiger partial charge on any atom is -0.342 e. The lowest BCUT2D eigenvalue weighted by atomic mass is 9.90. The number of rotatable bonds is 6. The monoisotopic (exact) mass is 401 g/mol. The molecule has 5 nitrogen and oxygen atoms in total. The Balaban J connectivity index is 1.64. The van der Waals surface area contributed by atoms with Crippen LogP contribution in [0.2, 0.25) is 0 Å². The van der Waals surface area contributed by atoms with Gasteiger partial charge in [0.05, 0.1) is 23.5 Å². The molecular weight excluding hydrogens is 372 g/mol. The van der Waals surface area contributed by atoms with Crippen molar-refractivity contribution in [2.75, 3.05) is 6.54 Å². The van der Waals surface area contributed by atoms with Gasteiger partial charge in [-0.1, -0.05) is 69.3 Å². The number of nitrogens with two attached hydrogens (primary N) is 1. The summed E-state index contributed by atoms with van der Waals surface area (Å²) in [6, 6.07) is 22.4. The van der Waals surface area contributed by atoms with Crippen molar-refractivity contribution in [2.24, 2.45) is 0 Å². The summed E-state index contributed by atoms with van der Waals surface area (Å²) in [4.78, 5) is 15.9. The van der Waals surface area contributed by atoms with Crippen LogP contribution in [-0.2, 0) is 18.4 Å². The van der Waals surface area contributed by atoms with E-state index in [1.165, 1.54) is 5.56 Å². The van der Waals surface area contributed by atoms with Crippen LogP contribution < -0.4 is 10.9 Å². The van der Waals surface area contributed by atoms with Crippen molar-refractivity contribution >= 4 is 11.0 Å². The highest BCUT2D eigenvalue weighted by atomic mass is 16.1. The first-order chi connectivity index (χ1) is 14.4. The van der Waals surface area contributed by atoms with Crippen LogP contribution in [0, 0.1) is 0 Å². The molecule has 0 radical (unpaired) electrons. The van der Waals surface area contributed by atoms with Crippen molar-refractivity contribution < 1.29 is 5.32 Å². The summed E-state index contributed by atoms with van der Waals surface area (Å²) in [5, 5.41) is 8.09. The molecule has 2 heterocycles. The number of fused-ring (bicyclic) bond motifs is 1. The van der Waals surface area contributed by atoms with Gasteiger partial charge >= 0.3 is 0 Å². The van der Waals surface area contributed by atoms with Crippen molar-refractivity contribution in [3.63, 3.8) is 0 Å². The number of para-hydroxylation sites is 1. The number of benzene rings is 2. The lowest BCUT2D eigenvalue weighted by Crippen LogP contribution is -2.83. The van der Waals surface area contributed by atoms with E-state index in [4.69, 9.17) is 5.10 Å². The normalized spacial score (nSPS) is 11.8. The second-order valence-corrected chi connectivity index (χ2v) is 8.75. The number of pyridine rings is 1. The molecule has 3 N–H and O–H groups in total. The molecule has 0 saturated carbocycles. The van der Waals surface area contributed by atoms with Crippen molar-refractivity contribution in [3.05, 3.63) is 93.9 Å². The van der Waals surface area contributed by atoms with Gasteiger partial charge in [-0.2, -0.15) is 5.10 Å². The van der Waals surface area contributed by atoms with E-state index in [-0.39, 0.29) is 11.0 Å². The fraction of sp³-hybridized carbons (Fsp3) is 0.280. The Morgan fingerprint density at radius 1 is 1.00 bits per heavy atom. The number of aromatic amines is 1. The molecule has 4 aromatic rings. The molecule has 0 aliphatic heterocycles. The molecule has 0 aliphatic rings. The van der Waals surface area contributed by atoms with E-state index in [0.717, 1.165) is 40.9 Å². The van der Waals surface area contributed by atoms with Crippen LogP contribution in [0.15, 0.2) is 71.5 Å². The molecule has 2 aromatic carbocycles. The molecule has 30 heavy (non-hydrogen) atoms. The Kier molecular flexibility index (Phi) is 5.55. The first-order valence-electron chi connectivity index (χ1n) is 10.5. The molecule has 0 fully saturated rings. The fourth-order valence-electron chi connectivity index (χ4n) is 3.75. The zero-order chi connectivity index (χ0) is 21.1. The van der Waals surface area contributed by atoms with Crippen LogP contribution in [0.1, 0.15) is 37.6 Å². The van der Waals surface area contributed by atoms with Gasteiger partial charge in [0, 0.05) is 17.2 Å². The van der Waals surface area contributed by atoms with Crippen LogP contribution in [0.5, 0.6) is 0 Å². The standard InChI is InChI=1S/C25H28N4O/c1-25(2,3)22-21-16-19(17-26-15-14-18-10-6-4-7-11-18)24(30)27-23(21)29(28-22)20-12-8-5-9-13-20/h4-13,16,26H,14-15,17H2,1-3H3,(H,27,30)/p+1. The van der Waals surface area contributed by atoms with Gasteiger partial charge in [0.2, 0.25) is 0 Å². The van der Waals surface area contributed by atoms with Crippen LogP contribution in [-0.4, -0.2) is 21.3 Å². The Labute approximate surface area is 176 Å². The summed E-state index contributed by atoms with van der Waals surface area (Å²) < 4.78 is 1.85. The maximum absolute atomic E-state index is 12.8. The van der Waals surface area contributed by atoms with Gasteiger partial charge in [-0.3, -0.25) is 4.79 Å². The van der Waals surface area contributed by atoms with Crippen LogP contribution >= 0.6 is 0 Å². The predicted octanol–water partition coefficient (Wildman–Crippen LogP) is 3.32. The zero-order valence-corrected chi connectivity index (χ0v) is 17.9. The minimum absolute atomic E-state index is 0.0454. The van der Waals surface area contributed by atoms with E-state index in [0.29, 0.717) is 6.54 Å². The highest BCUT2D eigenvalue weighted by Crippen LogP contribution is 2.29. The smallest absolute Gasteiger partial charge is 0.258 e. The SMILES string of the molecule is CC(C)(C)c1nn(-c2ccccc2)c2[nH]c(=O)c(C[NH2+]CCc3ccccc3)cc12. The summed E-state index contributed by atoms with van der Waals surface area (Å²) in [6.45, 7) is 8.05. The third kappa shape index (κ3) is 4.21. The molecule has 0 spiro atoms. The summed E-state index contributed by atoms with van der Waals surface area (Å²) in [7, 11) is 0. The summed E-state index contributed by atoms with van der Waals surface area (Å²) in [5.74, 6) is 0. The number of H-pyrrole nitrogens is 1. The third-order valence-electron chi connectivity index (χ3n) is 5.32. The first-order valence-corrected chi connectivity index (χ1v) is 10.5. The lowest BCUT2D eigenvalue weighted by molar-refractivity contribution is -0.670. The largest absolute Gasteiger partial charge is 0.342 e. The second kappa shape index (κ2) is 8.28. The van der Waals surface area contributed by atoms with E-state index in [1.807, 2.05) is 47.1 Å². The molecule has 5 heteroatoms. The molecule has 0 atom stereocenters. The van der Waals surface area contributed by atoms with Gasteiger partial charge in [-0.15, -0.1) is 0 Å². The van der Waals surface area contributed by atoms with E-state index in [9.17, 15) is 4.79 Å². The second-order valence-electron chi connectivity index (χ2n) is 8.75. The average molecular weight is 402 g/mol. The molecule has 4 rings (SSSR count). The summed E-state index contributed by atoms with van der Waals surface area (Å²) in [6.07, 6.45) is 0.986. The number of hydrogen-bond donors (Lipinski definition) is 2. The quantitative estimate of drug-likeness (QED) is 0.487.